The molecule has 2 heterocycles. The maximum Gasteiger partial charge on any atom is 0.419 e. The highest BCUT2D eigenvalue weighted by Gasteiger charge is 2.36. The average molecular weight is 612 g/mol. The molecule has 1 amide bonds. The number of carboxylic acids is 1. The Bertz CT molecular complexity index is 1430. The van der Waals surface area contributed by atoms with Gasteiger partial charge < -0.3 is 14.7 Å². The zero-order chi connectivity index (χ0) is 29.9. The SMILES string of the molecule is CC(C)N(C(=O)c1ccc(Cl)cn1)c1cc(F)c(Oc2ccc(CN3CCSCC3)cc2C(F)(F)F)cc1C(=O)O. The minimum Gasteiger partial charge on any atom is -0.478 e. The van der Waals surface area contributed by atoms with Crippen molar-refractivity contribution in [1.82, 2.24) is 9.88 Å². The van der Waals surface area contributed by atoms with Crippen molar-refractivity contribution in [2.24, 2.45) is 0 Å². The molecule has 0 spiro atoms. The second kappa shape index (κ2) is 12.7. The first-order valence-corrected chi connectivity index (χ1v) is 14.1. The molecule has 1 N–H and O–H groups in total. The number of ether oxygens (including phenoxy) is 1. The van der Waals surface area contributed by atoms with E-state index in [9.17, 15) is 27.9 Å². The Hall–Kier alpha value is -3.35. The van der Waals surface area contributed by atoms with Crippen LogP contribution in [0.25, 0.3) is 0 Å². The second-order valence-electron chi connectivity index (χ2n) is 9.55. The lowest BCUT2D eigenvalue weighted by Gasteiger charge is -2.28. The summed E-state index contributed by atoms with van der Waals surface area (Å²) in [5.41, 5.74) is -1.64. The van der Waals surface area contributed by atoms with Gasteiger partial charge in [0, 0.05) is 55.5 Å². The molecule has 2 aromatic carbocycles. The van der Waals surface area contributed by atoms with Crippen LogP contribution < -0.4 is 9.64 Å². The van der Waals surface area contributed by atoms with Crippen LogP contribution in [0.15, 0.2) is 48.7 Å². The van der Waals surface area contributed by atoms with E-state index in [-0.39, 0.29) is 16.4 Å². The number of nitrogens with zero attached hydrogens (tertiary/aromatic N) is 3. The number of halogens is 5. The normalized spacial score (nSPS) is 14.2. The molecule has 0 aliphatic carbocycles. The number of alkyl halides is 3. The van der Waals surface area contributed by atoms with Crippen LogP contribution in [0.2, 0.25) is 5.02 Å². The quantitative estimate of drug-likeness (QED) is 0.275. The Labute approximate surface area is 243 Å². The monoisotopic (exact) mass is 611 g/mol. The molecule has 4 rings (SSSR count). The van der Waals surface area contributed by atoms with Gasteiger partial charge in [0.05, 0.1) is 21.8 Å². The number of hydrogen-bond acceptors (Lipinski definition) is 6. The molecule has 7 nitrogen and oxygen atoms in total. The van der Waals surface area contributed by atoms with E-state index >= 15 is 4.39 Å². The molecular formula is C28H26ClF4N3O4S. The number of carbonyl (C=O) groups is 2. The van der Waals surface area contributed by atoms with Crippen molar-refractivity contribution in [3.05, 3.63) is 81.9 Å². The molecule has 13 heteroatoms. The van der Waals surface area contributed by atoms with Crippen LogP contribution in [0.4, 0.5) is 23.2 Å². The first-order chi connectivity index (χ1) is 19.3. The number of aromatic carboxylic acids is 1. The molecule has 1 fully saturated rings. The van der Waals surface area contributed by atoms with Crippen LogP contribution in [0.3, 0.4) is 0 Å². The van der Waals surface area contributed by atoms with E-state index in [1.807, 2.05) is 4.90 Å². The summed E-state index contributed by atoms with van der Waals surface area (Å²) in [5.74, 6) is -3.06. The van der Waals surface area contributed by atoms with Gasteiger partial charge in [0.15, 0.2) is 11.6 Å². The summed E-state index contributed by atoms with van der Waals surface area (Å²) in [6.45, 7) is 4.99. The van der Waals surface area contributed by atoms with Gasteiger partial charge in [0.1, 0.15) is 11.4 Å². The van der Waals surface area contributed by atoms with E-state index in [2.05, 4.69) is 4.98 Å². The van der Waals surface area contributed by atoms with Crippen molar-refractivity contribution in [3.63, 3.8) is 0 Å². The van der Waals surface area contributed by atoms with E-state index < -0.39 is 52.5 Å². The van der Waals surface area contributed by atoms with Gasteiger partial charge in [-0.3, -0.25) is 9.69 Å². The van der Waals surface area contributed by atoms with E-state index in [4.69, 9.17) is 16.3 Å². The number of carboxylic acid groups (broad SMARTS) is 1. The lowest BCUT2D eigenvalue weighted by atomic mass is 10.1. The summed E-state index contributed by atoms with van der Waals surface area (Å²) >= 11 is 7.62. The zero-order valence-electron chi connectivity index (χ0n) is 22.0. The Morgan fingerprint density at radius 1 is 1.12 bits per heavy atom. The lowest BCUT2D eigenvalue weighted by Crippen LogP contribution is -2.38. The molecule has 1 aliphatic rings. The Kier molecular flexibility index (Phi) is 9.45. The molecule has 1 aliphatic heterocycles. The first kappa shape index (κ1) is 30.6. The van der Waals surface area contributed by atoms with Crippen molar-refractivity contribution in [2.45, 2.75) is 32.6 Å². The third kappa shape index (κ3) is 7.30. The Balaban J connectivity index is 1.71. The van der Waals surface area contributed by atoms with E-state index in [1.54, 1.807) is 25.6 Å². The van der Waals surface area contributed by atoms with Crippen molar-refractivity contribution >= 4 is 40.9 Å². The number of hydrogen-bond donors (Lipinski definition) is 1. The van der Waals surface area contributed by atoms with Crippen molar-refractivity contribution in [1.29, 1.82) is 0 Å². The summed E-state index contributed by atoms with van der Waals surface area (Å²) < 4.78 is 62.7. The fourth-order valence-electron chi connectivity index (χ4n) is 4.36. The lowest BCUT2D eigenvalue weighted by molar-refractivity contribution is -0.138. The van der Waals surface area contributed by atoms with Gasteiger partial charge >= 0.3 is 12.1 Å². The number of aromatic nitrogens is 1. The summed E-state index contributed by atoms with van der Waals surface area (Å²) in [7, 11) is 0. The topological polar surface area (TPSA) is 83.0 Å². The predicted octanol–water partition coefficient (Wildman–Crippen LogP) is 6.99. The second-order valence-corrected chi connectivity index (χ2v) is 11.2. The number of thioether (sulfide) groups is 1. The van der Waals surface area contributed by atoms with Gasteiger partial charge in [0.2, 0.25) is 0 Å². The Morgan fingerprint density at radius 3 is 2.41 bits per heavy atom. The fourth-order valence-corrected chi connectivity index (χ4v) is 5.45. The Morgan fingerprint density at radius 2 is 1.83 bits per heavy atom. The molecule has 0 unspecified atom stereocenters. The fraction of sp³-hybridized carbons (Fsp3) is 0.321. The number of rotatable bonds is 8. The molecule has 0 bridgehead atoms. The summed E-state index contributed by atoms with van der Waals surface area (Å²) in [5, 5.41) is 10.2. The van der Waals surface area contributed by atoms with Crippen LogP contribution in [-0.2, 0) is 12.7 Å². The van der Waals surface area contributed by atoms with Crippen LogP contribution in [0, 0.1) is 5.82 Å². The predicted molar refractivity (Wildman–Crippen MR) is 149 cm³/mol. The highest BCUT2D eigenvalue weighted by Crippen LogP contribution is 2.41. The van der Waals surface area contributed by atoms with Gasteiger partial charge in [-0.05, 0) is 43.7 Å². The van der Waals surface area contributed by atoms with E-state index in [1.165, 1.54) is 24.4 Å². The molecule has 1 saturated heterocycles. The van der Waals surface area contributed by atoms with Crippen molar-refractivity contribution < 1.29 is 37.0 Å². The van der Waals surface area contributed by atoms with E-state index in [0.29, 0.717) is 12.1 Å². The van der Waals surface area contributed by atoms with Crippen LogP contribution in [-0.4, -0.2) is 57.5 Å². The van der Waals surface area contributed by atoms with Crippen LogP contribution >= 0.6 is 23.4 Å². The van der Waals surface area contributed by atoms with Gasteiger partial charge in [-0.25, -0.2) is 14.2 Å². The molecule has 218 valence electrons. The minimum atomic E-state index is -4.82. The van der Waals surface area contributed by atoms with Gasteiger partial charge in [-0.15, -0.1) is 0 Å². The molecule has 0 atom stereocenters. The van der Waals surface area contributed by atoms with Crippen molar-refractivity contribution in [3.8, 4) is 11.5 Å². The third-order valence-corrected chi connectivity index (χ3v) is 7.47. The van der Waals surface area contributed by atoms with Gasteiger partial charge in [-0.1, -0.05) is 17.7 Å². The largest absolute Gasteiger partial charge is 0.478 e. The molecular weight excluding hydrogens is 586 g/mol. The molecule has 41 heavy (non-hydrogen) atoms. The molecule has 0 radical (unpaired) electrons. The maximum absolute atomic E-state index is 15.4. The highest BCUT2D eigenvalue weighted by molar-refractivity contribution is 7.99. The summed E-state index contributed by atoms with van der Waals surface area (Å²) in [6, 6.07) is 7.15. The minimum absolute atomic E-state index is 0.0709. The van der Waals surface area contributed by atoms with Crippen molar-refractivity contribution in [2.75, 3.05) is 29.5 Å². The van der Waals surface area contributed by atoms with E-state index in [0.717, 1.165) is 53.8 Å². The number of anilines is 1. The molecule has 3 aromatic rings. The average Bonchev–Trinajstić information content (AvgIpc) is 2.91. The number of benzene rings is 2. The smallest absolute Gasteiger partial charge is 0.419 e. The van der Waals surface area contributed by atoms with Crippen LogP contribution in [0.5, 0.6) is 11.5 Å². The first-order valence-electron chi connectivity index (χ1n) is 12.5. The van der Waals surface area contributed by atoms with Crippen LogP contribution in [0.1, 0.15) is 45.8 Å². The number of amides is 1. The standard InChI is InChI=1S/C28H26ClF4N3O4S/c1-16(2)36(26(37)22-5-4-18(29)14-34-22)23-13-21(30)25(12-19(23)27(38)39)40-24-6-3-17(11-20(24)28(31,32)33)15-35-7-9-41-10-8-35/h3-6,11-14,16H,7-10,15H2,1-2H3,(H,38,39). The summed E-state index contributed by atoms with van der Waals surface area (Å²) in [6.07, 6.45) is -3.58. The summed E-state index contributed by atoms with van der Waals surface area (Å²) in [4.78, 5) is 32.5. The number of carbonyl (C=O) groups excluding carboxylic acids is 1. The maximum atomic E-state index is 15.4. The third-order valence-electron chi connectivity index (χ3n) is 6.30. The molecule has 1 aromatic heterocycles. The van der Waals surface area contributed by atoms with Gasteiger partial charge in [-0.2, -0.15) is 24.9 Å². The van der Waals surface area contributed by atoms with Gasteiger partial charge in [0.25, 0.3) is 5.91 Å². The molecule has 0 saturated carbocycles. The zero-order valence-corrected chi connectivity index (χ0v) is 23.6. The highest BCUT2D eigenvalue weighted by atomic mass is 35.5. The number of pyridine rings is 1.